The summed E-state index contributed by atoms with van der Waals surface area (Å²) in [5.74, 6) is -0.121. The third kappa shape index (κ3) is 2.56. The van der Waals surface area contributed by atoms with Gasteiger partial charge < -0.3 is 0 Å². The fraction of sp³-hybridized carbons (Fsp3) is 0.0769. The third-order valence-electron chi connectivity index (χ3n) is 2.37. The Kier molecular flexibility index (Phi) is 3.60. The van der Waals surface area contributed by atoms with Gasteiger partial charge in [0.05, 0.1) is 5.02 Å². The Labute approximate surface area is 113 Å². The van der Waals surface area contributed by atoms with E-state index in [0.717, 1.165) is 5.69 Å². The Morgan fingerprint density at radius 1 is 1.29 bits per heavy atom. The number of carbonyl (C=O) groups excluding carboxylic acids is 1. The van der Waals surface area contributed by atoms with Crippen LogP contribution in [0.4, 0.5) is 0 Å². The fourth-order valence-electron chi connectivity index (χ4n) is 1.44. The van der Waals surface area contributed by atoms with E-state index in [-0.39, 0.29) is 5.78 Å². The standard InChI is InChI=1S/C13H9BrClNO/c1-8-5-6-9(7-16-8)13(17)10-3-2-4-11(14)12(10)15/h2-7H,1H3. The van der Waals surface area contributed by atoms with Crippen molar-refractivity contribution in [2.24, 2.45) is 0 Å². The van der Waals surface area contributed by atoms with Crippen LogP contribution in [-0.2, 0) is 0 Å². The van der Waals surface area contributed by atoms with Crippen molar-refractivity contribution >= 4 is 33.3 Å². The number of rotatable bonds is 2. The van der Waals surface area contributed by atoms with Crippen LogP contribution in [0.25, 0.3) is 0 Å². The van der Waals surface area contributed by atoms with E-state index in [1.54, 1.807) is 36.5 Å². The Morgan fingerprint density at radius 3 is 2.71 bits per heavy atom. The first-order valence-corrected chi connectivity index (χ1v) is 6.18. The van der Waals surface area contributed by atoms with Gasteiger partial charge in [0.15, 0.2) is 5.78 Å². The summed E-state index contributed by atoms with van der Waals surface area (Å²) in [6.45, 7) is 1.88. The molecule has 4 heteroatoms. The van der Waals surface area contributed by atoms with E-state index in [0.29, 0.717) is 20.6 Å². The van der Waals surface area contributed by atoms with Crippen molar-refractivity contribution in [3.8, 4) is 0 Å². The highest BCUT2D eigenvalue weighted by molar-refractivity contribution is 9.10. The van der Waals surface area contributed by atoms with Gasteiger partial charge >= 0.3 is 0 Å². The highest BCUT2D eigenvalue weighted by atomic mass is 79.9. The Hall–Kier alpha value is -1.19. The first-order valence-electron chi connectivity index (χ1n) is 5.01. The van der Waals surface area contributed by atoms with Gasteiger partial charge in [-0.05, 0) is 47.1 Å². The number of hydrogen-bond acceptors (Lipinski definition) is 2. The first-order chi connectivity index (χ1) is 8.09. The van der Waals surface area contributed by atoms with Crippen LogP contribution in [0.2, 0.25) is 5.02 Å². The van der Waals surface area contributed by atoms with Crippen LogP contribution in [0.3, 0.4) is 0 Å². The van der Waals surface area contributed by atoms with Crippen LogP contribution in [0.5, 0.6) is 0 Å². The molecule has 1 heterocycles. The first kappa shape index (κ1) is 12.3. The predicted octanol–water partition coefficient (Wildman–Crippen LogP) is 4.04. The number of nitrogens with zero attached hydrogens (tertiary/aromatic N) is 1. The van der Waals surface area contributed by atoms with Crippen LogP contribution in [0, 0.1) is 6.92 Å². The van der Waals surface area contributed by atoms with Crippen molar-refractivity contribution in [2.75, 3.05) is 0 Å². The zero-order valence-electron chi connectivity index (χ0n) is 9.08. The lowest BCUT2D eigenvalue weighted by molar-refractivity contribution is 0.103. The van der Waals surface area contributed by atoms with Crippen LogP contribution < -0.4 is 0 Å². The molecule has 0 aliphatic heterocycles. The molecule has 0 amide bonds. The van der Waals surface area contributed by atoms with Crippen molar-refractivity contribution in [3.63, 3.8) is 0 Å². The molecule has 86 valence electrons. The number of ketones is 1. The van der Waals surface area contributed by atoms with Gasteiger partial charge in [-0.2, -0.15) is 0 Å². The number of hydrogen-bond donors (Lipinski definition) is 0. The zero-order chi connectivity index (χ0) is 12.4. The summed E-state index contributed by atoms with van der Waals surface area (Å²) in [5, 5.41) is 0.429. The van der Waals surface area contributed by atoms with Crippen molar-refractivity contribution in [2.45, 2.75) is 6.92 Å². The molecule has 0 saturated heterocycles. The van der Waals surface area contributed by atoms with E-state index in [9.17, 15) is 4.79 Å². The Bertz CT molecular complexity index is 566. The minimum atomic E-state index is -0.121. The molecule has 0 aliphatic rings. The summed E-state index contributed by atoms with van der Waals surface area (Å²) in [4.78, 5) is 16.3. The SMILES string of the molecule is Cc1ccc(C(=O)c2cccc(Br)c2Cl)cn1. The molecule has 2 rings (SSSR count). The largest absolute Gasteiger partial charge is 0.288 e. The molecule has 0 aliphatic carbocycles. The van der Waals surface area contributed by atoms with Crippen molar-refractivity contribution in [1.29, 1.82) is 0 Å². The highest BCUT2D eigenvalue weighted by Gasteiger charge is 2.14. The van der Waals surface area contributed by atoms with Crippen molar-refractivity contribution < 1.29 is 4.79 Å². The topological polar surface area (TPSA) is 30.0 Å². The van der Waals surface area contributed by atoms with E-state index in [4.69, 9.17) is 11.6 Å². The maximum absolute atomic E-state index is 12.2. The third-order valence-corrected chi connectivity index (χ3v) is 3.67. The quantitative estimate of drug-likeness (QED) is 0.784. The van der Waals surface area contributed by atoms with E-state index >= 15 is 0 Å². The van der Waals surface area contributed by atoms with Gasteiger partial charge in [-0.3, -0.25) is 9.78 Å². The second-order valence-electron chi connectivity index (χ2n) is 3.62. The summed E-state index contributed by atoms with van der Waals surface area (Å²) < 4.78 is 0.713. The minimum absolute atomic E-state index is 0.121. The monoisotopic (exact) mass is 309 g/mol. The lowest BCUT2D eigenvalue weighted by Crippen LogP contribution is -2.03. The summed E-state index contributed by atoms with van der Waals surface area (Å²) in [6.07, 6.45) is 1.56. The molecule has 0 saturated carbocycles. The summed E-state index contributed by atoms with van der Waals surface area (Å²) in [5.41, 5.74) is 1.89. The van der Waals surface area contributed by atoms with Crippen LogP contribution in [-0.4, -0.2) is 10.8 Å². The molecular formula is C13H9BrClNO. The number of carbonyl (C=O) groups is 1. The second kappa shape index (κ2) is 4.98. The maximum atomic E-state index is 12.2. The van der Waals surface area contributed by atoms with Crippen molar-refractivity contribution in [3.05, 3.63) is 62.8 Å². The maximum Gasteiger partial charge on any atom is 0.196 e. The van der Waals surface area contributed by atoms with E-state index < -0.39 is 0 Å². The summed E-state index contributed by atoms with van der Waals surface area (Å²) in [6, 6.07) is 8.84. The predicted molar refractivity (Wildman–Crippen MR) is 71.6 cm³/mol. The molecule has 1 aromatic carbocycles. The number of pyridine rings is 1. The van der Waals surface area contributed by atoms with Gasteiger partial charge in [-0.25, -0.2) is 0 Å². The normalized spacial score (nSPS) is 10.3. The molecule has 0 N–H and O–H groups in total. The summed E-state index contributed by atoms with van der Waals surface area (Å²) in [7, 11) is 0. The average Bonchev–Trinajstić information content (AvgIpc) is 2.33. The fourth-order valence-corrected chi connectivity index (χ4v) is 2.01. The lowest BCUT2D eigenvalue weighted by atomic mass is 10.0. The van der Waals surface area contributed by atoms with E-state index in [2.05, 4.69) is 20.9 Å². The molecule has 17 heavy (non-hydrogen) atoms. The molecular weight excluding hydrogens is 302 g/mol. The second-order valence-corrected chi connectivity index (χ2v) is 4.85. The van der Waals surface area contributed by atoms with Gasteiger partial charge in [0.1, 0.15) is 0 Å². The van der Waals surface area contributed by atoms with Crippen LogP contribution in [0.1, 0.15) is 21.6 Å². The van der Waals surface area contributed by atoms with Gasteiger partial charge in [-0.1, -0.05) is 17.7 Å². The number of halogens is 2. The number of benzene rings is 1. The molecule has 0 atom stereocenters. The molecule has 2 nitrogen and oxygen atoms in total. The summed E-state index contributed by atoms with van der Waals surface area (Å²) >= 11 is 9.38. The molecule has 0 bridgehead atoms. The Morgan fingerprint density at radius 2 is 2.06 bits per heavy atom. The van der Waals surface area contributed by atoms with Gasteiger partial charge in [0.2, 0.25) is 0 Å². The van der Waals surface area contributed by atoms with Gasteiger partial charge in [0.25, 0.3) is 0 Å². The average molecular weight is 311 g/mol. The van der Waals surface area contributed by atoms with E-state index in [1.165, 1.54) is 0 Å². The van der Waals surface area contributed by atoms with E-state index in [1.807, 2.05) is 6.92 Å². The zero-order valence-corrected chi connectivity index (χ0v) is 11.4. The lowest BCUT2D eigenvalue weighted by Gasteiger charge is -2.05. The molecule has 0 unspecified atom stereocenters. The van der Waals surface area contributed by atoms with Crippen LogP contribution in [0.15, 0.2) is 41.0 Å². The van der Waals surface area contributed by atoms with Gasteiger partial charge in [-0.15, -0.1) is 0 Å². The van der Waals surface area contributed by atoms with Gasteiger partial charge in [0, 0.05) is 27.5 Å². The number of aryl methyl sites for hydroxylation is 1. The molecule has 1 aromatic heterocycles. The van der Waals surface area contributed by atoms with Crippen LogP contribution >= 0.6 is 27.5 Å². The van der Waals surface area contributed by atoms with Crippen molar-refractivity contribution in [1.82, 2.24) is 4.98 Å². The minimum Gasteiger partial charge on any atom is -0.288 e. The molecule has 0 spiro atoms. The smallest absolute Gasteiger partial charge is 0.196 e. The molecule has 2 aromatic rings. The Balaban J connectivity index is 2.44. The molecule has 0 radical (unpaired) electrons. The number of aromatic nitrogens is 1. The highest BCUT2D eigenvalue weighted by Crippen LogP contribution is 2.27. The molecule has 0 fully saturated rings.